The zero-order valence-corrected chi connectivity index (χ0v) is 10.9. The van der Waals surface area contributed by atoms with Crippen LogP contribution >= 0.6 is 11.6 Å². The molecule has 3 aromatic rings. The van der Waals surface area contributed by atoms with Gasteiger partial charge in [0.15, 0.2) is 0 Å². The van der Waals surface area contributed by atoms with E-state index in [4.69, 9.17) is 17.3 Å². The number of hydrogen-bond donors (Lipinski definition) is 1. The van der Waals surface area contributed by atoms with E-state index in [0.29, 0.717) is 22.1 Å². The maximum absolute atomic E-state index is 13.1. The summed E-state index contributed by atoms with van der Waals surface area (Å²) in [6.45, 7) is 0. The highest BCUT2D eigenvalue weighted by molar-refractivity contribution is 6.31. The van der Waals surface area contributed by atoms with Gasteiger partial charge in [-0.2, -0.15) is 0 Å². The number of anilines is 1. The first kappa shape index (κ1) is 12.0. The van der Waals surface area contributed by atoms with E-state index >= 15 is 0 Å². The highest BCUT2D eigenvalue weighted by Crippen LogP contribution is 2.29. The summed E-state index contributed by atoms with van der Waals surface area (Å²) in [5, 5.41) is 0.647. The van der Waals surface area contributed by atoms with Crippen molar-refractivity contribution in [2.24, 2.45) is 7.05 Å². The Morgan fingerprint density at radius 3 is 2.74 bits per heavy atom. The molecule has 0 amide bonds. The third kappa shape index (κ3) is 1.94. The molecule has 0 saturated heterocycles. The second kappa shape index (κ2) is 4.24. The number of fused-ring (bicyclic) bond motifs is 1. The molecule has 19 heavy (non-hydrogen) atoms. The van der Waals surface area contributed by atoms with Gasteiger partial charge in [-0.05, 0) is 36.4 Å². The van der Waals surface area contributed by atoms with Crippen molar-refractivity contribution in [3.8, 4) is 11.4 Å². The molecule has 0 atom stereocenters. The molecule has 0 fully saturated rings. The second-order valence-electron chi connectivity index (χ2n) is 4.36. The fourth-order valence-electron chi connectivity index (χ4n) is 2.14. The van der Waals surface area contributed by atoms with E-state index in [1.165, 1.54) is 12.1 Å². The zero-order chi connectivity index (χ0) is 13.6. The Balaban J connectivity index is 2.28. The number of rotatable bonds is 1. The van der Waals surface area contributed by atoms with Crippen molar-refractivity contribution >= 4 is 28.3 Å². The number of benzene rings is 2. The van der Waals surface area contributed by atoms with Gasteiger partial charge in [0.05, 0.1) is 11.0 Å². The van der Waals surface area contributed by atoms with Gasteiger partial charge in [0.2, 0.25) is 0 Å². The Hall–Kier alpha value is -2.07. The van der Waals surface area contributed by atoms with Gasteiger partial charge in [-0.3, -0.25) is 0 Å². The first-order valence-corrected chi connectivity index (χ1v) is 6.11. The maximum atomic E-state index is 13.1. The molecule has 3 nitrogen and oxygen atoms in total. The Morgan fingerprint density at radius 2 is 2.00 bits per heavy atom. The van der Waals surface area contributed by atoms with Crippen LogP contribution in [0.1, 0.15) is 0 Å². The lowest BCUT2D eigenvalue weighted by Crippen LogP contribution is -1.97. The highest BCUT2D eigenvalue weighted by atomic mass is 35.5. The quantitative estimate of drug-likeness (QED) is 0.690. The average molecular weight is 276 g/mol. The van der Waals surface area contributed by atoms with Crippen molar-refractivity contribution in [3.05, 3.63) is 47.2 Å². The van der Waals surface area contributed by atoms with Crippen LogP contribution in [0.15, 0.2) is 36.4 Å². The van der Waals surface area contributed by atoms with Crippen molar-refractivity contribution < 1.29 is 4.39 Å². The van der Waals surface area contributed by atoms with Crippen molar-refractivity contribution in [2.75, 3.05) is 5.73 Å². The third-order valence-electron chi connectivity index (χ3n) is 3.10. The van der Waals surface area contributed by atoms with E-state index in [0.717, 1.165) is 11.0 Å². The monoisotopic (exact) mass is 275 g/mol. The molecule has 0 unspecified atom stereocenters. The SMILES string of the molecule is Cn1c(-c2ccc(F)cc2N)nc2ccc(Cl)cc21. The molecule has 2 N–H and O–H groups in total. The first-order valence-electron chi connectivity index (χ1n) is 5.73. The summed E-state index contributed by atoms with van der Waals surface area (Å²) >= 11 is 5.98. The van der Waals surface area contributed by atoms with E-state index < -0.39 is 0 Å². The minimum absolute atomic E-state index is 0.358. The van der Waals surface area contributed by atoms with Crippen molar-refractivity contribution in [2.45, 2.75) is 0 Å². The minimum atomic E-state index is -0.358. The van der Waals surface area contributed by atoms with Crippen LogP contribution in [0.2, 0.25) is 5.02 Å². The van der Waals surface area contributed by atoms with E-state index in [1.807, 2.05) is 23.7 Å². The van der Waals surface area contributed by atoms with Crippen LogP contribution < -0.4 is 5.73 Å². The summed E-state index contributed by atoms with van der Waals surface area (Å²) in [5.41, 5.74) is 8.66. The molecule has 2 aromatic carbocycles. The maximum Gasteiger partial charge on any atom is 0.142 e. The van der Waals surface area contributed by atoms with Crippen molar-refractivity contribution in [1.29, 1.82) is 0 Å². The average Bonchev–Trinajstić information content (AvgIpc) is 2.67. The molecule has 0 aliphatic rings. The molecule has 5 heteroatoms. The van der Waals surface area contributed by atoms with Gasteiger partial charge in [-0.15, -0.1) is 0 Å². The van der Waals surface area contributed by atoms with Crippen LogP contribution in [0.3, 0.4) is 0 Å². The van der Waals surface area contributed by atoms with Crippen LogP contribution in [0, 0.1) is 5.82 Å². The van der Waals surface area contributed by atoms with Crippen molar-refractivity contribution in [3.63, 3.8) is 0 Å². The summed E-state index contributed by atoms with van der Waals surface area (Å²) in [7, 11) is 1.88. The molecule has 0 saturated carbocycles. The van der Waals surface area contributed by atoms with E-state index in [-0.39, 0.29) is 5.82 Å². The van der Waals surface area contributed by atoms with Gasteiger partial charge in [0.25, 0.3) is 0 Å². The predicted octanol–water partition coefficient (Wildman–Crippen LogP) is 3.62. The Kier molecular flexibility index (Phi) is 2.68. The van der Waals surface area contributed by atoms with Gasteiger partial charge in [0, 0.05) is 23.3 Å². The van der Waals surface area contributed by atoms with Gasteiger partial charge in [0.1, 0.15) is 11.6 Å². The fourth-order valence-corrected chi connectivity index (χ4v) is 2.31. The molecule has 3 rings (SSSR count). The summed E-state index contributed by atoms with van der Waals surface area (Å²) in [5.74, 6) is 0.331. The van der Waals surface area contributed by atoms with Gasteiger partial charge in [-0.1, -0.05) is 11.6 Å². The molecule has 1 aromatic heterocycles. The van der Waals surface area contributed by atoms with Crippen molar-refractivity contribution in [1.82, 2.24) is 9.55 Å². The lowest BCUT2D eigenvalue weighted by molar-refractivity contribution is 0.628. The number of nitrogens with zero attached hydrogens (tertiary/aromatic N) is 2. The molecular formula is C14H11ClFN3. The number of imidazole rings is 1. The minimum Gasteiger partial charge on any atom is -0.398 e. The lowest BCUT2D eigenvalue weighted by Gasteiger charge is -2.06. The first-order chi connectivity index (χ1) is 9.06. The largest absolute Gasteiger partial charge is 0.398 e. The van der Waals surface area contributed by atoms with Crippen LogP contribution in [0.4, 0.5) is 10.1 Å². The van der Waals surface area contributed by atoms with Gasteiger partial charge in [-0.25, -0.2) is 9.37 Å². The standard InChI is InChI=1S/C14H11ClFN3/c1-19-13-6-8(15)2-5-12(13)18-14(19)10-4-3-9(16)7-11(10)17/h2-7H,17H2,1H3. The summed E-state index contributed by atoms with van der Waals surface area (Å²) < 4.78 is 15.0. The normalized spacial score (nSPS) is 11.1. The number of aromatic nitrogens is 2. The number of halogens is 2. The van der Waals surface area contributed by atoms with E-state index in [1.54, 1.807) is 12.1 Å². The second-order valence-corrected chi connectivity index (χ2v) is 4.80. The summed E-state index contributed by atoms with van der Waals surface area (Å²) in [6.07, 6.45) is 0. The molecular weight excluding hydrogens is 265 g/mol. The summed E-state index contributed by atoms with van der Waals surface area (Å²) in [4.78, 5) is 4.52. The van der Waals surface area contributed by atoms with Crippen LogP contribution in [0.25, 0.3) is 22.4 Å². The molecule has 1 heterocycles. The molecule has 0 bridgehead atoms. The smallest absolute Gasteiger partial charge is 0.142 e. The van der Waals surface area contributed by atoms with E-state index in [9.17, 15) is 4.39 Å². The highest BCUT2D eigenvalue weighted by Gasteiger charge is 2.13. The topological polar surface area (TPSA) is 43.8 Å². The molecule has 96 valence electrons. The zero-order valence-electron chi connectivity index (χ0n) is 10.2. The Labute approximate surface area is 114 Å². The molecule has 0 aliphatic heterocycles. The molecule has 0 radical (unpaired) electrons. The van der Waals surface area contributed by atoms with Crippen LogP contribution in [-0.2, 0) is 7.05 Å². The third-order valence-corrected chi connectivity index (χ3v) is 3.33. The Bertz CT molecular complexity index is 780. The number of hydrogen-bond acceptors (Lipinski definition) is 2. The predicted molar refractivity (Wildman–Crippen MR) is 75.5 cm³/mol. The number of nitrogens with two attached hydrogens (primary N) is 1. The number of aryl methyl sites for hydroxylation is 1. The van der Waals surface area contributed by atoms with Crippen LogP contribution in [-0.4, -0.2) is 9.55 Å². The Morgan fingerprint density at radius 1 is 1.21 bits per heavy atom. The number of nitrogen functional groups attached to an aromatic ring is 1. The fraction of sp³-hybridized carbons (Fsp3) is 0.0714. The molecule has 0 spiro atoms. The summed E-state index contributed by atoms with van der Waals surface area (Å²) in [6, 6.07) is 9.77. The van der Waals surface area contributed by atoms with Gasteiger partial charge < -0.3 is 10.3 Å². The van der Waals surface area contributed by atoms with Gasteiger partial charge >= 0.3 is 0 Å². The van der Waals surface area contributed by atoms with Crippen LogP contribution in [0.5, 0.6) is 0 Å². The van der Waals surface area contributed by atoms with E-state index in [2.05, 4.69) is 4.98 Å². The molecule has 0 aliphatic carbocycles. The lowest BCUT2D eigenvalue weighted by atomic mass is 10.1.